The van der Waals surface area contributed by atoms with Gasteiger partial charge in [0.2, 0.25) is 5.88 Å². The Kier molecular flexibility index (Phi) is 3.17. The average molecular weight is 221 g/mol. The summed E-state index contributed by atoms with van der Waals surface area (Å²) < 4.78 is 5.09. The molecular weight excluding hydrogens is 202 g/mol. The molecular formula is C12H19N3O. The molecule has 1 aromatic heterocycles. The van der Waals surface area contributed by atoms with E-state index in [0.29, 0.717) is 23.5 Å². The molecule has 1 aliphatic rings. The molecule has 1 fully saturated rings. The zero-order valence-corrected chi connectivity index (χ0v) is 9.86. The summed E-state index contributed by atoms with van der Waals surface area (Å²) in [6, 6.07) is 4.09. The largest absolute Gasteiger partial charge is 0.481 e. The summed E-state index contributed by atoms with van der Waals surface area (Å²) in [6.07, 6.45) is 3.75. The second-order valence-corrected chi connectivity index (χ2v) is 4.45. The van der Waals surface area contributed by atoms with Crippen LogP contribution in [0.5, 0.6) is 5.88 Å². The lowest BCUT2D eigenvalue weighted by atomic mass is 10.1. The molecule has 0 amide bonds. The zero-order valence-electron chi connectivity index (χ0n) is 9.86. The molecule has 0 aromatic carbocycles. The summed E-state index contributed by atoms with van der Waals surface area (Å²) in [5.74, 6) is 2.04. The Labute approximate surface area is 96.2 Å². The third-order valence-electron chi connectivity index (χ3n) is 3.29. The van der Waals surface area contributed by atoms with Gasteiger partial charge in [0.05, 0.1) is 12.8 Å². The number of nitrogens with one attached hydrogen (secondary N) is 1. The molecule has 1 heterocycles. The van der Waals surface area contributed by atoms with Gasteiger partial charge in [-0.3, -0.25) is 0 Å². The number of methoxy groups -OCH3 is 1. The molecule has 3 N–H and O–H groups in total. The highest BCUT2D eigenvalue weighted by Gasteiger charge is 2.24. The number of nitrogens with zero attached hydrogens (tertiary/aromatic N) is 1. The first-order valence-electron chi connectivity index (χ1n) is 5.77. The number of rotatable bonds is 3. The number of hydrogen-bond donors (Lipinski definition) is 2. The maximum atomic E-state index is 5.89. The van der Waals surface area contributed by atoms with Crippen LogP contribution in [0.2, 0.25) is 0 Å². The van der Waals surface area contributed by atoms with Crippen molar-refractivity contribution < 1.29 is 4.74 Å². The second kappa shape index (κ2) is 4.60. The van der Waals surface area contributed by atoms with Gasteiger partial charge in [-0.05, 0) is 24.8 Å². The first-order chi connectivity index (χ1) is 7.70. The van der Waals surface area contributed by atoms with Crippen LogP contribution in [0.15, 0.2) is 12.1 Å². The van der Waals surface area contributed by atoms with E-state index in [-0.39, 0.29) is 0 Å². The fourth-order valence-corrected chi connectivity index (χ4v) is 2.22. The molecule has 2 atom stereocenters. The highest BCUT2D eigenvalue weighted by Crippen LogP contribution is 2.29. The van der Waals surface area contributed by atoms with E-state index in [9.17, 15) is 0 Å². The molecule has 0 bridgehead atoms. The van der Waals surface area contributed by atoms with Crippen molar-refractivity contribution in [3.8, 4) is 5.88 Å². The lowest BCUT2D eigenvalue weighted by Crippen LogP contribution is -2.23. The molecule has 16 heavy (non-hydrogen) atoms. The third-order valence-corrected chi connectivity index (χ3v) is 3.29. The molecule has 0 spiro atoms. The van der Waals surface area contributed by atoms with Gasteiger partial charge in [0.25, 0.3) is 0 Å². The molecule has 0 aliphatic heterocycles. The van der Waals surface area contributed by atoms with Gasteiger partial charge in [-0.25, -0.2) is 0 Å². The summed E-state index contributed by atoms with van der Waals surface area (Å²) in [5.41, 5.74) is 6.57. The van der Waals surface area contributed by atoms with E-state index in [1.165, 1.54) is 19.3 Å². The van der Waals surface area contributed by atoms with Crippen LogP contribution in [0.3, 0.4) is 0 Å². The van der Waals surface area contributed by atoms with E-state index < -0.39 is 0 Å². The number of nitrogen functional groups attached to an aromatic ring is 1. The Bertz CT molecular complexity index is 367. The Hall–Kier alpha value is -1.45. The van der Waals surface area contributed by atoms with E-state index in [1.54, 1.807) is 13.2 Å². The smallest absolute Gasteiger partial charge is 0.215 e. The van der Waals surface area contributed by atoms with Gasteiger partial charge >= 0.3 is 0 Å². The van der Waals surface area contributed by atoms with Gasteiger partial charge < -0.3 is 15.8 Å². The first kappa shape index (κ1) is 11.0. The van der Waals surface area contributed by atoms with E-state index in [1.807, 2.05) is 6.07 Å². The zero-order chi connectivity index (χ0) is 11.5. The monoisotopic (exact) mass is 221 g/mol. The standard InChI is InChI=1S/C12H19N3O/c1-8-4-3-5-10(8)14-12-9(13)6-7-11(15-12)16-2/h6-8,10H,3-5,13H2,1-2H3,(H,14,15). The van der Waals surface area contributed by atoms with Crippen molar-refractivity contribution >= 4 is 11.5 Å². The summed E-state index contributed by atoms with van der Waals surface area (Å²) in [7, 11) is 1.61. The van der Waals surface area contributed by atoms with Gasteiger partial charge in [-0.15, -0.1) is 0 Å². The molecule has 2 unspecified atom stereocenters. The van der Waals surface area contributed by atoms with Crippen LogP contribution in [0.1, 0.15) is 26.2 Å². The summed E-state index contributed by atoms with van der Waals surface area (Å²) in [6.45, 7) is 2.26. The van der Waals surface area contributed by atoms with Crippen LogP contribution in [-0.2, 0) is 0 Å². The van der Waals surface area contributed by atoms with Gasteiger partial charge in [-0.1, -0.05) is 13.3 Å². The molecule has 1 aromatic rings. The molecule has 1 saturated carbocycles. The predicted molar refractivity (Wildman–Crippen MR) is 65.6 cm³/mol. The van der Waals surface area contributed by atoms with Crippen LogP contribution in [0.4, 0.5) is 11.5 Å². The molecule has 4 nitrogen and oxygen atoms in total. The van der Waals surface area contributed by atoms with E-state index in [0.717, 1.165) is 5.82 Å². The lowest BCUT2D eigenvalue weighted by molar-refractivity contribution is 0.398. The number of ether oxygens (including phenoxy) is 1. The van der Waals surface area contributed by atoms with Crippen molar-refractivity contribution in [1.29, 1.82) is 0 Å². The first-order valence-corrected chi connectivity index (χ1v) is 5.77. The fourth-order valence-electron chi connectivity index (χ4n) is 2.22. The van der Waals surface area contributed by atoms with E-state index in [2.05, 4.69) is 17.2 Å². The molecule has 0 saturated heterocycles. The van der Waals surface area contributed by atoms with Crippen LogP contribution in [0.25, 0.3) is 0 Å². The minimum atomic E-state index is 0.488. The quantitative estimate of drug-likeness (QED) is 0.822. The molecule has 2 rings (SSSR count). The van der Waals surface area contributed by atoms with Gasteiger partial charge in [-0.2, -0.15) is 4.98 Å². The summed E-state index contributed by atoms with van der Waals surface area (Å²) in [5, 5.41) is 3.42. The lowest BCUT2D eigenvalue weighted by Gasteiger charge is -2.19. The number of hydrogen-bond acceptors (Lipinski definition) is 4. The fraction of sp³-hybridized carbons (Fsp3) is 0.583. The van der Waals surface area contributed by atoms with Crippen molar-refractivity contribution in [2.24, 2.45) is 5.92 Å². The summed E-state index contributed by atoms with van der Waals surface area (Å²) in [4.78, 5) is 4.33. The van der Waals surface area contributed by atoms with Gasteiger partial charge in [0.15, 0.2) is 5.82 Å². The van der Waals surface area contributed by atoms with Crippen molar-refractivity contribution in [2.75, 3.05) is 18.2 Å². The Morgan fingerprint density at radius 3 is 2.88 bits per heavy atom. The Morgan fingerprint density at radius 2 is 2.25 bits per heavy atom. The Balaban J connectivity index is 2.13. The number of nitrogens with two attached hydrogens (primary N) is 1. The number of aromatic nitrogens is 1. The van der Waals surface area contributed by atoms with Crippen molar-refractivity contribution in [1.82, 2.24) is 4.98 Å². The number of anilines is 2. The molecule has 4 heteroatoms. The maximum Gasteiger partial charge on any atom is 0.215 e. The van der Waals surface area contributed by atoms with E-state index in [4.69, 9.17) is 10.5 Å². The molecule has 88 valence electrons. The molecule has 0 radical (unpaired) electrons. The average Bonchev–Trinajstić information content (AvgIpc) is 2.68. The van der Waals surface area contributed by atoms with Crippen molar-refractivity contribution in [3.05, 3.63) is 12.1 Å². The van der Waals surface area contributed by atoms with Gasteiger partial charge in [0, 0.05) is 12.1 Å². The van der Waals surface area contributed by atoms with Crippen LogP contribution in [-0.4, -0.2) is 18.1 Å². The highest BCUT2D eigenvalue weighted by atomic mass is 16.5. The van der Waals surface area contributed by atoms with Crippen LogP contribution in [0, 0.1) is 5.92 Å². The van der Waals surface area contributed by atoms with Crippen LogP contribution >= 0.6 is 0 Å². The van der Waals surface area contributed by atoms with Crippen LogP contribution < -0.4 is 15.8 Å². The number of pyridine rings is 1. The summed E-state index contributed by atoms with van der Waals surface area (Å²) >= 11 is 0. The van der Waals surface area contributed by atoms with Gasteiger partial charge in [0.1, 0.15) is 0 Å². The third kappa shape index (κ3) is 2.21. The predicted octanol–water partition coefficient (Wildman–Crippen LogP) is 2.27. The highest BCUT2D eigenvalue weighted by molar-refractivity contribution is 5.62. The SMILES string of the molecule is COc1ccc(N)c(NC2CCCC2C)n1. The topological polar surface area (TPSA) is 60.2 Å². The van der Waals surface area contributed by atoms with Crippen molar-refractivity contribution in [3.63, 3.8) is 0 Å². The normalized spacial score (nSPS) is 24.4. The second-order valence-electron chi connectivity index (χ2n) is 4.45. The van der Waals surface area contributed by atoms with E-state index >= 15 is 0 Å². The van der Waals surface area contributed by atoms with Crippen molar-refractivity contribution in [2.45, 2.75) is 32.2 Å². The minimum Gasteiger partial charge on any atom is -0.481 e. The Morgan fingerprint density at radius 1 is 1.44 bits per heavy atom. The maximum absolute atomic E-state index is 5.89. The molecule has 1 aliphatic carbocycles. The minimum absolute atomic E-state index is 0.488.